The maximum Gasteiger partial charge on any atom is 0.345 e. The fraction of sp³-hybridized carbons (Fsp3) is 0.304. The van der Waals surface area contributed by atoms with Gasteiger partial charge in [-0.2, -0.15) is 8.78 Å². The molecule has 4 rings (SSSR count). The predicted octanol–water partition coefficient (Wildman–Crippen LogP) is 4.14. The Morgan fingerprint density at radius 3 is 2.44 bits per heavy atom. The zero-order valence-corrected chi connectivity index (χ0v) is 17.4. The highest BCUT2D eigenvalue weighted by atomic mass is 19.3. The van der Waals surface area contributed by atoms with Crippen molar-refractivity contribution in [3.05, 3.63) is 72.3 Å². The summed E-state index contributed by atoms with van der Waals surface area (Å²) in [5.41, 5.74) is 2.77. The molecule has 0 bridgehead atoms. The van der Waals surface area contributed by atoms with Gasteiger partial charge in [0.15, 0.2) is 0 Å². The Morgan fingerprint density at radius 1 is 1.16 bits per heavy atom. The van der Waals surface area contributed by atoms with E-state index in [1.165, 1.54) is 12.1 Å². The van der Waals surface area contributed by atoms with Gasteiger partial charge >= 0.3 is 12.6 Å². The van der Waals surface area contributed by atoms with Gasteiger partial charge in [-0.1, -0.05) is 0 Å². The smallest absolute Gasteiger partial charge is 0.345 e. The molecule has 2 aromatic carbocycles. The van der Waals surface area contributed by atoms with Gasteiger partial charge in [-0.25, -0.2) is 9.78 Å². The third-order valence-electron chi connectivity index (χ3n) is 5.39. The van der Waals surface area contributed by atoms with Crippen molar-refractivity contribution in [3.8, 4) is 11.4 Å². The molecule has 32 heavy (non-hydrogen) atoms. The average Bonchev–Trinajstić information content (AvgIpc) is 3.39. The minimum Gasteiger partial charge on any atom is -0.489 e. The van der Waals surface area contributed by atoms with Gasteiger partial charge < -0.3 is 24.0 Å². The number of halogens is 2. The van der Waals surface area contributed by atoms with Crippen molar-refractivity contribution in [2.75, 3.05) is 18.1 Å². The summed E-state index contributed by atoms with van der Waals surface area (Å²) in [4.78, 5) is 17.2. The molecule has 1 saturated heterocycles. The van der Waals surface area contributed by atoms with Gasteiger partial charge in [-0.3, -0.25) is 0 Å². The normalized spacial score (nSPS) is 18.3. The van der Waals surface area contributed by atoms with E-state index >= 15 is 0 Å². The Bertz CT molecular complexity index is 1050. The second kappa shape index (κ2) is 9.35. The predicted molar refractivity (Wildman–Crippen MR) is 114 cm³/mol. The highest BCUT2D eigenvalue weighted by Gasteiger charge is 2.34. The Balaban J connectivity index is 1.46. The number of carboxylic acid groups (broad SMARTS) is 1. The van der Waals surface area contributed by atoms with Crippen LogP contribution < -0.4 is 9.64 Å². The summed E-state index contributed by atoms with van der Waals surface area (Å²) in [5, 5.41) is 9.10. The Labute approximate surface area is 183 Å². The van der Waals surface area contributed by atoms with Gasteiger partial charge in [0.2, 0.25) is 0 Å². The van der Waals surface area contributed by atoms with E-state index in [0.717, 1.165) is 17.1 Å². The standard InChI is InChI=1S/C23H23F2N3O4/c1-15-11-27(14-26-15)17-6-8-20(9-7-17)32-21-10-19(13-31-23(24)25)28(12-21)18-4-2-16(3-5-18)22(29)30/h2-9,11,14,19,21,23H,10,12-13H2,1H3,(H,29,30)/t19-,21-/m0/s1. The number of ether oxygens (including phenoxy) is 2. The van der Waals surface area contributed by atoms with Crippen molar-refractivity contribution in [3.63, 3.8) is 0 Å². The summed E-state index contributed by atoms with van der Waals surface area (Å²) in [6, 6.07) is 13.6. The number of carboxylic acids is 1. The van der Waals surface area contributed by atoms with Crippen molar-refractivity contribution in [1.82, 2.24) is 9.55 Å². The number of aromatic nitrogens is 2. The van der Waals surface area contributed by atoms with Gasteiger partial charge in [-0.05, 0) is 55.5 Å². The van der Waals surface area contributed by atoms with Crippen LogP contribution >= 0.6 is 0 Å². The first kappa shape index (κ1) is 21.8. The molecule has 2 heterocycles. The number of benzene rings is 2. The fourth-order valence-corrected chi connectivity index (χ4v) is 3.86. The molecule has 0 unspecified atom stereocenters. The van der Waals surface area contributed by atoms with Crippen molar-refractivity contribution in [2.24, 2.45) is 0 Å². The van der Waals surface area contributed by atoms with Crippen molar-refractivity contribution in [1.29, 1.82) is 0 Å². The molecule has 1 aromatic heterocycles. The first-order chi connectivity index (χ1) is 15.4. The molecule has 0 spiro atoms. The first-order valence-corrected chi connectivity index (χ1v) is 10.2. The number of hydrogen-bond acceptors (Lipinski definition) is 5. The van der Waals surface area contributed by atoms with Crippen LogP contribution in [-0.4, -0.2) is 52.5 Å². The van der Waals surface area contributed by atoms with E-state index in [1.807, 2.05) is 46.9 Å². The fourth-order valence-electron chi connectivity index (χ4n) is 3.86. The maximum absolute atomic E-state index is 12.6. The molecule has 7 nitrogen and oxygen atoms in total. The highest BCUT2D eigenvalue weighted by Crippen LogP contribution is 2.29. The lowest BCUT2D eigenvalue weighted by molar-refractivity contribution is -0.131. The lowest BCUT2D eigenvalue weighted by atomic mass is 10.1. The molecule has 9 heteroatoms. The summed E-state index contributed by atoms with van der Waals surface area (Å²) in [6.07, 6.45) is 3.93. The molecule has 3 aromatic rings. The van der Waals surface area contributed by atoms with Crippen LogP contribution in [-0.2, 0) is 4.74 Å². The summed E-state index contributed by atoms with van der Waals surface area (Å²) >= 11 is 0. The molecule has 0 amide bonds. The minimum absolute atomic E-state index is 0.156. The van der Waals surface area contributed by atoms with Crippen LogP contribution in [0.2, 0.25) is 0 Å². The highest BCUT2D eigenvalue weighted by molar-refractivity contribution is 5.88. The SMILES string of the molecule is Cc1cn(-c2ccc(O[C@H]3C[C@@H](COC(F)F)N(c4ccc(C(=O)O)cc4)C3)cc2)cn1. The van der Waals surface area contributed by atoms with Gasteiger partial charge in [0.1, 0.15) is 11.9 Å². The number of imidazole rings is 1. The van der Waals surface area contributed by atoms with Crippen LogP contribution in [0.15, 0.2) is 61.1 Å². The average molecular weight is 443 g/mol. The van der Waals surface area contributed by atoms with Crippen LogP contribution in [0.3, 0.4) is 0 Å². The monoisotopic (exact) mass is 443 g/mol. The maximum atomic E-state index is 12.6. The third kappa shape index (κ3) is 5.05. The Kier molecular flexibility index (Phi) is 6.36. The molecule has 1 aliphatic rings. The zero-order chi connectivity index (χ0) is 22.7. The van der Waals surface area contributed by atoms with E-state index < -0.39 is 12.6 Å². The third-order valence-corrected chi connectivity index (χ3v) is 5.39. The summed E-state index contributed by atoms with van der Waals surface area (Å²) in [7, 11) is 0. The number of rotatable bonds is 8. The molecular formula is C23H23F2N3O4. The van der Waals surface area contributed by atoms with E-state index in [1.54, 1.807) is 18.5 Å². The molecule has 168 valence electrons. The quantitative estimate of drug-likeness (QED) is 0.564. The molecule has 1 N–H and O–H groups in total. The number of alkyl halides is 2. The lowest BCUT2D eigenvalue weighted by Gasteiger charge is -2.26. The van der Waals surface area contributed by atoms with E-state index in [9.17, 15) is 13.6 Å². The van der Waals surface area contributed by atoms with Crippen LogP contribution in [0.25, 0.3) is 5.69 Å². The van der Waals surface area contributed by atoms with Gasteiger partial charge in [-0.15, -0.1) is 0 Å². The summed E-state index contributed by atoms with van der Waals surface area (Å²) in [6.45, 7) is -0.627. The van der Waals surface area contributed by atoms with E-state index in [0.29, 0.717) is 18.7 Å². The second-order valence-electron chi connectivity index (χ2n) is 7.64. The van der Waals surface area contributed by atoms with Crippen LogP contribution in [0.4, 0.5) is 14.5 Å². The number of aryl methyl sites for hydroxylation is 1. The lowest BCUT2D eigenvalue weighted by Crippen LogP contribution is -2.34. The molecule has 0 aliphatic carbocycles. The molecule has 1 aliphatic heterocycles. The Hall–Kier alpha value is -3.46. The first-order valence-electron chi connectivity index (χ1n) is 10.2. The molecule has 1 fully saturated rings. The van der Waals surface area contributed by atoms with Crippen molar-refractivity contribution < 1.29 is 28.2 Å². The van der Waals surface area contributed by atoms with Crippen LogP contribution in [0.5, 0.6) is 5.75 Å². The number of aromatic carboxylic acids is 1. The largest absolute Gasteiger partial charge is 0.489 e. The second-order valence-corrected chi connectivity index (χ2v) is 7.64. The molecular weight excluding hydrogens is 420 g/mol. The van der Waals surface area contributed by atoms with Gasteiger partial charge in [0.05, 0.1) is 36.8 Å². The van der Waals surface area contributed by atoms with Gasteiger partial charge in [0.25, 0.3) is 0 Å². The van der Waals surface area contributed by atoms with Crippen LogP contribution in [0, 0.1) is 6.92 Å². The molecule has 0 saturated carbocycles. The summed E-state index contributed by atoms with van der Waals surface area (Å²) in [5.74, 6) is -0.349. The van der Waals surface area contributed by atoms with E-state index in [4.69, 9.17) is 9.84 Å². The minimum atomic E-state index is -2.86. The van der Waals surface area contributed by atoms with Crippen molar-refractivity contribution in [2.45, 2.75) is 32.1 Å². The number of anilines is 1. The zero-order valence-electron chi connectivity index (χ0n) is 17.4. The topological polar surface area (TPSA) is 76.8 Å². The van der Waals surface area contributed by atoms with E-state index in [-0.39, 0.29) is 24.3 Å². The Morgan fingerprint density at radius 2 is 1.84 bits per heavy atom. The number of nitrogens with zero attached hydrogens (tertiary/aromatic N) is 3. The number of carbonyl (C=O) groups is 1. The van der Waals surface area contributed by atoms with Crippen molar-refractivity contribution >= 4 is 11.7 Å². The van der Waals surface area contributed by atoms with Crippen LogP contribution in [0.1, 0.15) is 22.5 Å². The van der Waals surface area contributed by atoms with Gasteiger partial charge in [0, 0.05) is 24.0 Å². The van der Waals surface area contributed by atoms with E-state index in [2.05, 4.69) is 9.72 Å². The molecule has 0 radical (unpaired) electrons. The summed E-state index contributed by atoms with van der Waals surface area (Å²) < 4.78 is 37.9. The molecule has 2 atom stereocenters. The number of hydrogen-bond donors (Lipinski definition) is 1.